The van der Waals surface area contributed by atoms with Crippen LogP contribution in [0.2, 0.25) is 0 Å². The number of aliphatic hydroxyl groups is 1. The van der Waals surface area contributed by atoms with E-state index in [2.05, 4.69) is 26.8 Å². The lowest BCUT2D eigenvalue weighted by Gasteiger charge is -2.35. The Morgan fingerprint density at radius 3 is 2.04 bits per heavy atom. The van der Waals surface area contributed by atoms with E-state index in [4.69, 9.17) is 14.2 Å². The number of carbonyl (C=O) groups excluding carboxylic acids is 4. The van der Waals surface area contributed by atoms with Gasteiger partial charge >= 0.3 is 18.0 Å². The first-order valence-electron chi connectivity index (χ1n) is 17.7. The Kier molecular flexibility index (Phi) is 11.3. The Bertz CT molecular complexity index is 1990. The molecule has 2 aromatic heterocycles. The molecule has 1 saturated carbocycles. The Morgan fingerprint density at radius 1 is 0.944 bits per heavy atom. The number of aliphatic hydroxyl groups excluding tert-OH is 1. The van der Waals surface area contributed by atoms with Crippen molar-refractivity contribution in [2.24, 2.45) is 22.2 Å². The van der Waals surface area contributed by atoms with E-state index in [0.29, 0.717) is 16.9 Å². The molecule has 3 atom stereocenters. The van der Waals surface area contributed by atoms with Crippen molar-refractivity contribution < 1.29 is 38.5 Å². The van der Waals surface area contributed by atoms with Crippen molar-refractivity contribution in [2.75, 3.05) is 23.4 Å². The molecule has 0 radical (unpaired) electrons. The van der Waals surface area contributed by atoms with Crippen molar-refractivity contribution in [1.29, 1.82) is 0 Å². The molecule has 286 valence electrons. The lowest BCUT2D eigenvalue weighted by molar-refractivity contribution is -0.171. The van der Waals surface area contributed by atoms with E-state index in [0.717, 1.165) is 0 Å². The second-order valence-electron chi connectivity index (χ2n) is 15.8. The molecule has 0 unspecified atom stereocenters. The van der Waals surface area contributed by atoms with Crippen molar-refractivity contribution in [1.82, 2.24) is 19.5 Å². The summed E-state index contributed by atoms with van der Waals surface area (Å²) in [5.41, 5.74) is -1.42. The summed E-state index contributed by atoms with van der Waals surface area (Å²) >= 11 is 0. The zero-order valence-electron chi connectivity index (χ0n) is 32.0. The molecule has 2 aromatic carbocycles. The van der Waals surface area contributed by atoms with Crippen LogP contribution in [0.5, 0.6) is 5.88 Å². The van der Waals surface area contributed by atoms with Crippen LogP contribution in [0.1, 0.15) is 67.9 Å². The zero-order valence-corrected chi connectivity index (χ0v) is 32.0. The zero-order chi connectivity index (χ0) is 39.6. The average molecular weight is 741 g/mol. The number of benzene rings is 2. The Morgan fingerprint density at radius 2 is 1.52 bits per heavy atom. The molecule has 1 aliphatic rings. The van der Waals surface area contributed by atoms with E-state index >= 15 is 0 Å². The minimum absolute atomic E-state index is 0.0867. The van der Waals surface area contributed by atoms with Crippen molar-refractivity contribution >= 4 is 52.4 Å². The minimum atomic E-state index is -1.40. The Labute approximate surface area is 314 Å². The molecule has 0 spiro atoms. The number of para-hydroxylation sites is 2. The Balaban J connectivity index is 1.60. The second kappa shape index (κ2) is 15.4. The number of nitrogens with zero attached hydrogens (tertiary/aromatic N) is 5. The fourth-order valence-corrected chi connectivity index (χ4v) is 5.85. The van der Waals surface area contributed by atoms with E-state index in [-0.39, 0.29) is 41.9 Å². The van der Waals surface area contributed by atoms with Crippen LogP contribution in [-0.4, -0.2) is 67.9 Å². The highest BCUT2D eigenvalue weighted by atomic mass is 16.6. The number of esters is 2. The number of hydrogen-bond donors (Lipinski definition) is 2. The molecule has 1 fully saturated rings. The van der Waals surface area contributed by atoms with Crippen LogP contribution in [0.3, 0.4) is 0 Å². The SMILES string of the molecule is C=C1[C@@H](n2cnc3c(OC(=O)N(c4ccccc4)c4ccccc4)nc(NC(=O)C(C)C)nc32)C[C@H](OC(=O)C(C)(C)C)[C@@]1(CO)COC(=O)C(C)(C)C. The number of aromatic nitrogens is 4. The molecule has 14 nitrogen and oxygen atoms in total. The molecule has 0 bridgehead atoms. The van der Waals surface area contributed by atoms with Gasteiger partial charge in [0.15, 0.2) is 11.2 Å². The monoisotopic (exact) mass is 740 g/mol. The summed E-state index contributed by atoms with van der Waals surface area (Å²) in [7, 11) is 0. The van der Waals surface area contributed by atoms with Crippen molar-refractivity contribution in [2.45, 2.75) is 74.0 Å². The van der Waals surface area contributed by atoms with Crippen LogP contribution in [0.25, 0.3) is 11.2 Å². The number of amides is 2. The molecule has 0 aliphatic heterocycles. The van der Waals surface area contributed by atoms with E-state index in [1.807, 2.05) is 12.1 Å². The van der Waals surface area contributed by atoms with Gasteiger partial charge in [0.1, 0.15) is 12.7 Å². The first-order valence-corrected chi connectivity index (χ1v) is 17.7. The highest BCUT2D eigenvalue weighted by Crippen LogP contribution is 2.51. The highest BCUT2D eigenvalue weighted by Gasteiger charge is 2.55. The summed E-state index contributed by atoms with van der Waals surface area (Å²) in [4.78, 5) is 68.1. The van der Waals surface area contributed by atoms with Crippen molar-refractivity contribution in [3.63, 3.8) is 0 Å². The second-order valence-corrected chi connectivity index (χ2v) is 15.8. The van der Waals surface area contributed by atoms with Crippen LogP contribution < -0.4 is 15.0 Å². The van der Waals surface area contributed by atoms with Crippen molar-refractivity contribution in [3.8, 4) is 5.88 Å². The number of imidazole rings is 1. The molecule has 4 aromatic rings. The number of hydrogen-bond acceptors (Lipinski definition) is 11. The summed E-state index contributed by atoms with van der Waals surface area (Å²) in [5.74, 6) is -2.22. The summed E-state index contributed by atoms with van der Waals surface area (Å²) in [6.07, 6.45) is -0.226. The molecule has 54 heavy (non-hydrogen) atoms. The van der Waals surface area contributed by atoms with Crippen LogP contribution in [0.15, 0.2) is 79.1 Å². The molecule has 2 heterocycles. The third-order valence-electron chi connectivity index (χ3n) is 9.19. The predicted molar refractivity (Wildman–Crippen MR) is 202 cm³/mol. The average Bonchev–Trinajstić information content (AvgIpc) is 3.65. The molecule has 0 saturated heterocycles. The van der Waals surface area contributed by atoms with Gasteiger partial charge in [-0.1, -0.05) is 56.8 Å². The maximum absolute atomic E-state index is 14.1. The lowest BCUT2D eigenvalue weighted by Crippen LogP contribution is -2.45. The van der Waals surface area contributed by atoms with Crippen molar-refractivity contribution in [3.05, 3.63) is 79.1 Å². The smallest absolute Gasteiger partial charge is 0.425 e. The number of rotatable bonds is 10. The number of nitrogens with one attached hydrogen (secondary N) is 1. The van der Waals surface area contributed by atoms with Gasteiger partial charge in [-0.2, -0.15) is 9.97 Å². The van der Waals surface area contributed by atoms with Gasteiger partial charge < -0.3 is 23.9 Å². The molecular weight excluding hydrogens is 692 g/mol. The summed E-state index contributed by atoms with van der Waals surface area (Å²) in [6, 6.07) is 17.1. The number of carbonyl (C=O) groups is 4. The summed E-state index contributed by atoms with van der Waals surface area (Å²) in [6.45, 7) is 17.1. The van der Waals surface area contributed by atoms with E-state index in [1.165, 1.54) is 11.2 Å². The summed E-state index contributed by atoms with van der Waals surface area (Å²) < 4.78 is 19.4. The minimum Gasteiger partial charge on any atom is -0.464 e. The van der Waals surface area contributed by atoms with Crippen LogP contribution in [0, 0.1) is 22.2 Å². The van der Waals surface area contributed by atoms with Gasteiger partial charge in [0.2, 0.25) is 11.9 Å². The fourth-order valence-electron chi connectivity index (χ4n) is 5.85. The number of fused-ring (bicyclic) bond motifs is 1. The quantitative estimate of drug-likeness (QED) is 0.129. The van der Waals surface area contributed by atoms with Crippen LogP contribution >= 0.6 is 0 Å². The molecule has 14 heteroatoms. The van der Waals surface area contributed by atoms with Gasteiger partial charge in [0, 0.05) is 12.3 Å². The highest BCUT2D eigenvalue weighted by molar-refractivity contribution is 5.98. The topological polar surface area (TPSA) is 175 Å². The molecular formula is C40H48N6O8. The van der Waals surface area contributed by atoms with E-state index < -0.39 is 58.9 Å². The molecule has 2 N–H and O–H groups in total. The third kappa shape index (κ3) is 8.13. The maximum atomic E-state index is 14.1. The fraction of sp³-hybridized carbons (Fsp3) is 0.425. The van der Waals surface area contributed by atoms with Gasteiger partial charge in [-0.15, -0.1) is 0 Å². The first-order chi connectivity index (χ1) is 25.4. The maximum Gasteiger partial charge on any atom is 0.425 e. The van der Waals surface area contributed by atoms with E-state index in [1.54, 1.807) is 108 Å². The largest absolute Gasteiger partial charge is 0.464 e. The van der Waals surface area contributed by atoms with Gasteiger partial charge in [-0.3, -0.25) is 19.7 Å². The normalized spacial score (nSPS) is 18.7. The van der Waals surface area contributed by atoms with Crippen LogP contribution in [-0.2, 0) is 23.9 Å². The third-order valence-corrected chi connectivity index (χ3v) is 9.19. The lowest BCUT2D eigenvalue weighted by atomic mass is 9.81. The number of ether oxygens (including phenoxy) is 3. The molecule has 5 rings (SSSR count). The molecule has 2 amide bonds. The van der Waals surface area contributed by atoms with Crippen LogP contribution in [0.4, 0.5) is 22.1 Å². The van der Waals surface area contributed by atoms with Gasteiger partial charge in [-0.25, -0.2) is 14.7 Å². The first kappa shape index (κ1) is 39.6. The van der Waals surface area contributed by atoms with Gasteiger partial charge in [0.05, 0.1) is 46.6 Å². The Hall–Kier alpha value is -5.63. The number of anilines is 3. The predicted octanol–water partition coefficient (Wildman–Crippen LogP) is 6.78. The van der Waals surface area contributed by atoms with Gasteiger partial charge in [-0.05, 0) is 71.4 Å². The van der Waals surface area contributed by atoms with Gasteiger partial charge in [0.25, 0.3) is 5.88 Å². The summed E-state index contributed by atoms with van der Waals surface area (Å²) in [5, 5.41) is 13.7. The van der Waals surface area contributed by atoms with E-state index in [9.17, 15) is 24.3 Å². The standard InChI is InChI=1S/C40H48N6O8/c1-24(2)32(48)43-36-42-31-30(33(44-36)54-37(51)46(26-16-12-10-13-17-26)27-18-14-11-15-19-27)41-23-45(31)28-20-29(53-35(50)39(7,8)9)40(21-47,25(28)3)22-52-34(49)38(4,5)6/h10-19,23-24,28-29,47H,3,20-22H2,1-2,4-9H3,(H,42,43,44,48)/t28-,29-,40-/m0/s1. The molecule has 1 aliphatic carbocycles.